The first kappa shape index (κ1) is 11.0. The largest absolute Gasteiger partial charge is 0.458 e. The number of ether oxygens (including phenoxy) is 1. The molecule has 0 unspecified atom stereocenters. The summed E-state index contributed by atoms with van der Waals surface area (Å²) in [5.41, 5.74) is 2.25. The first-order valence-electron chi connectivity index (χ1n) is 5.53. The quantitative estimate of drug-likeness (QED) is 0.841. The number of aliphatic hydroxyl groups excluding tert-OH is 1. The van der Waals surface area contributed by atoms with Crippen molar-refractivity contribution < 1.29 is 9.84 Å². The molecule has 0 fully saturated rings. The van der Waals surface area contributed by atoms with Crippen LogP contribution in [0.25, 0.3) is 0 Å². The Hall–Kier alpha value is -1.54. The Labute approximate surface area is 95.9 Å². The summed E-state index contributed by atoms with van der Waals surface area (Å²) in [6.07, 6.45) is 5.84. The molecule has 16 heavy (non-hydrogen) atoms. The van der Waals surface area contributed by atoms with E-state index in [1.54, 1.807) is 0 Å². The molecule has 0 aromatic heterocycles. The summed E-state index contributed by atoms with van der Waals surface area (Å²) in [6, 6.07) is 7.96. The van der Waals surface area contributed by atoms with E-state index in [1.165, 1.54) is 5.56 Å². The molecule has 0 heterocycles. The number of aliphatic hydroxyl groups is 1. The summed E-state index contributed by atoms with van der Waals surface area (Å²) >= 11 is 0. The number of benzene rings is 1. The highest BCUT2D eigenvalue weighted by Crippen LogP contribution is 2.21. The molecular formula is C14H16O2. The Morgan fingerprint density at radius 2 is 2.00 bits per heavy atom. The molecule has 2 nitrogen and oxygen atoms in total. The third-order valence-corrected chi connectivity index (χ3v) is 2.62. The highest BCUT2D eigenvalue weighted by molar-refractivity contribution is 5.32. The van der Waals surface area contributed by atoms with Crippen LogP contribution in [0, 0.1) is 6.92 Å². The Kier molecular flexibility index (Phi) is 3.42. The van der Waals surface area contributed by atoms with Crippen LogP contribution in [0.3, 0.4) is 0 Å². The smallest absolute Gasteiger partial charge is 0.127 e. The van der Waals surface area contributed by atoms with Gasteiger partial charge >= 0.3 is 0 Å². The van der Waals surface area contributed by atoms with Crippen LogP contribution in [0.2, 0.25) is 0 Å². The van der Waals surface area contributed by atoms with Crippen LogP contribution in [-0.2, 0) is 0 Å². The van der Waals surface area contributed by atoms with Gasteiger partial charge in [0, 0.05) is 0 Å². The third-order valence-electron chi connectivity index (χ3n) is 2.62. The average molecular weight is 216 g/mol. The summed E-state index contributed by atoms with van der Waals surface area (Å²) in [4.78, 5) is 0. The molecular weight excluding hydrogens is 200 g/mol. The number of aryl methyl sites for hydroxylation is 1. The van der Waals surface area contributed by atoms with Gasteiger partial charge in [0.05, 0.1) is 6.61 Å². The van der Waals surface area contributed by atoms with Gasteiger partial charge in [-0.3, -0.25) is 0 Å². The van der Waals surface area contributed by atoms with Gasteiger partial charge < -0.3 is 9.84 Å². The van der Waals surface area contributed by atoms with Crippen molar-refractivity contribution >= 4 is 0 Å². The topological polar surface area (TPSA) is 29.5 Å². The maximum absolute atomic E-state index is 9.06. The van der Waals surface area contributed by atoms with Gasteiger partial charge in [0.15, 0.2) is 0 Å². The van der Waals surface area contributed by atoms with Crippen LogP contribution in [0.4, 0.5) is 0 Å². The van der Waals surface area contributed by atoms with Crippen molar-refractivity contribution in [3.63, 3.8) is 0 Å². The molecule has 1 aromatic carbocycles. The lowest BCUT2D eigenvalue weighted by molar-refractivity contribution is 0.324. The number of allylic oxidation sites excluding steroid dienone is 2. The van der Waals surface area contributed by atoms with Gasteiger partial charge in [-0.05, 0) is 49.6 Å². The second kappa shape index (κ2) is 4.99. The molecule has 0 saturated heterocycles. The molecule has 0 amide bonds. The molecule has 0 saturated carbocycles. The Bertz CT molecular complexity index is 413. The van der Waals surface area contributed by atoms with Crippen molar-refractivity contribution in [2.45, 2.75) is 19.8 Å². The van der Waals surface area contributed by atoms with Crippen LogP contribution in [0.15, 0.2) is 47.7 Å². The van der Waals surface area contributed by atoms with E-state index in [0.717, 1.165) is 29.9 Å². The van der Waals surface area contributed by atoms with Crippen molar-refractivity contribution in [1.29, 1.82) is 0 Å². The van der Waals surface area contributed by atoms with E-state index in [9.17, 15) is 0 Å². The molecule has 1 aromatic rings. The van der Waals surface area contributed by atoms with Crippen molar-refractivity contribution in [2.24, 2.45) is 0 Å². The maximum atomic E-state index is 9.06. The summed E-state index contributed by atoms with van der Waals surface area (Å²) in [6.45, 7) is 2.17. The number of hydrogen-bond donors (Lipinski definition) is 1. The van der Waals surface area contributed by atoms with Crippen LogP contribution in [-0.4, -0.2) is 11.7 Å². The fourth-order valence-electron chi connectivity index (χ4n) is 1.67. The van der Waals surface area contributed by atoms with Gasteiger partial charge in [0.25, 0.3) is 0 Å². The van der Waals surface area contributed by atoms with Gasteiger partial charge in [-0.1, -0.05) is 17.7 Å². The summed E-state index contributed by atoms with van der Waals surface area (Å²) in [5.74, 6) is 1.67. The van der Waals surface area contributed by atoms with Crippen molar-refractivity contribution in [3.05, 3.63) is 53.3 Å². The van der Waals surface area contributed by atoms with Gasteiger partial charge in [0.2, 0.25) is 0 Å². The van der Waals surface area contributed by atoms with E-state index in [0.29, 0.717) is 0 Å². The summed E-state index contributed by atoms with van der Waals surface area (Å²) in [7, 11) is 0. The normalized spacial score (nSPS) is 15.4. The van der Waals surface area contributed by atoms with Gasteiger partial charge in [-0.15, -0.1) is 0 Å². The molecule has 2 rings (SSSR count). The molecule has 1 aliphatic carbocycles. The van der Waals surface area contributed by atoms with Crippen LogP contribution in [0.1, 0.15) is 18.4 Å². The van der Waals surface area contributed by atoms with E-state index >= 15 is 0 Å². The van der Waals surface area contributed by atoms with Crippen LogP contribution < -0.4 is 4.74 Å². The van der Waals surface area contributed by atoms with Gasteiger partial charge in [-0.2, -0.15) is 0 Å². The van der Waals surface area contributed by atoms with Crippen molar-refractivity contribution in [2.75, 3.05) is 6.61 Å². The average Bonchev–Trinajstić information content (AvgIpc) is 2.32. The highest BCUT2D eigenvalue weighted by Gasteiger charge is 2.06. The Morgan fingerprint density at radius 3 is 2.69 bits per heavy atom. The predicted octanol–water partition coefficient (Wildman–Crippen LogP) is 2.97. The zero-order valence-corrected chi connectivity index (χ0v) is 9.44. The zero-order valence-electron chi connectivity index (χ0n) is 9.44. The fourth-order valence-corrected chi connectivity index (χ4v) is 1.67. The van der Waals surface area contributed by atoms with Crippen LogP contribution >= 0.6 is 0 Å². The molecule has 0 aliphatic heterocycles. The van der Waals surface area contributed by atoms with Gasteiger partial charge in [0.1, 0.15) is 11.5 Å². The van der Waals surface area contributed by atoms with E-state index in [-0.39, 0.29) is 6.61 Å². The predicted molar refractivity (Wildman–Crippen MR) is 64.3 cm³/mol. The lowest BCUT2D eigenvalue weighted by Gasteiger charge is -2.13. The lowest BCUT2D eigenvalue weighted by atomic mass is 10.1. The minimum absolute atomic E-state index is 0.120. The Balaban J connectivity index is 2.07. The number of rotatable bonds is 3. The van der Waals surface area contributed by atoms with E-state index in [1.807, 2.05) is 37.3 Å². The molecule has 0 spiro atoms. The standard InChI is InChI=1S/C14H16O2/c1-11-5-7-13(8-6-11)16-14-4-2-3-12(9-14)10-15/h4-9,15H,2-3,10H2,1H3. The summed E-state index contributed by atoms with van der Waals surface area (Å²) in [5, 5.41) is 9.06. The first-order chi connectivity index (χ1) is 7.78. The van der Waals surface area contributed by atoms with E-state index in [2.05, 4.69) is 6.08 Å². The third kappa shape index (κ3) is 2.74. The SMILES string of the molecule is Cc1ccc(OC2=CCCC(CO)=C2)cc1. The van der Waals surface area contributed by atoms with Gasteiger partial charge in [-0.25, -0.2) is 0 Å². The lowest BCUT2D eigenvalue weighted by Crippen LogP contribution is -2.01. The van der Waals surface area contributed by atoms with Crippen molar-refractivity contribution in [3.8, 4) is 5.75 Å². The Morgan fingerprint density at radius 1 is 1.25 bits per heavy atom. The summed E-state index contributed by atoms with van der Waals surface area (Å²) < 4.78 is 5.72. The molecule has 2 heteroatoms. The molecule has 0 radical (unpaired) electrons. The molecule has 1 aliphatic rings. The van der Waals surface area contributed by atoms with Crippen LogP contribution in [0.5, 0.6) is 5.75 Å². The first-order valence-corrected chi connectivity index (χ1v) is 5.53. The fraction of sp³-hybridized carbons (Fsp3) is 0.286. The second-order valence-electron chi connectivity index (χ2n) is 4.02. The molecule has 0 atom stereocenters. The maximum Gasteiger partial charge on any atom is 0.127 e. The molecule has 0 bridgehead atoms. The monoisotopic (exact) mass is 216 g/mol. The minimum atomic E-state index is 0.120. The minimum Gasteiger partial charge on any atom is -0.458 e. The molecule has 1 N–H and O–H groups in total. The van der Waals surface area contributed by atoms with E-state index < -0.39 is 0 Å². The highest BCUT2D eigenvalue weighted by atomic mass is 16.5. The van der Waals surface area contributed by atoms with E-state index in [4.69, 9.17) is 9.84 Å². The zero-order chi connectivity index (χ0) is 11.4. The number of hydrogen-bond acceptors (Lipinski definition) is 2. The second-order valence-corrected chi connectivity index (χ2v) is 4.02. The van der Waals surface area contributed by atoms with Crippen molar-refractivity contribution in [1.82, 2.24) is 0 Å². The molecule has 84 valence electrons.